The van der Waals surface area contributed by atoms with Crippen LogP contribution in [0.3, 0.4) is 0 Å². The SMILES string of the molecule is O=C(N[C@H]1CC[C@H](c2n[nH]c(=O)c3ccccc32)CC1)c1cnc2cc(N3CC[C@@H](O)C3)ccn12. The smallest absolute Gasteiger partial charge is 0.272 e. The Morgan fingerprint density at radius 1 is 1.09 bits per heavy atom. The number of carbonyl (C=O) groups excluding carboxylic acids is 1. The van der Waals surface area contributed by atoms with Gasteiger partial charge < -0.3 is 15.3 Å². The molecule has 1 saturated heterocycles. The zero-order chi connectivity index (χ0) is 23.9. The number of amides is 1. The molecule has 9 heteroatoms. The highest BCUT2D eigenvalue weighted by Crippen LogP contribution is 2.34. The molecule has 4 heterocycles. The molecule has 1 aliphatic carbocycles. The molecule has 1 aromatic carbocycles. The number of aliphatic hydroxyl groups excluding tert-OH is 1. The largest absolute Gasteiger partial charge is 0.391 e. The van der Waals surface area contributed by atoms with Crippen molar-refractivity contribution >= 4 is 28.0 Å². The number of carbonyl (C=O) groups is 1. The maximum absolute atomic E-state index is 13.1. The van der Waals surface area contributed by atoms with Gasteiger partial charge in [-0.2, -0.15) is 5.10 Å². The molecule has 3 aromatic heterocycles. The maximum atomic E-state index is 13.1. The van der Waals surface area contributed by atoms with Gasteiger partial charge in [0.05, 0.1) is 23.4 Å². The van der Waals surface area contributed by atoms with Crippen molar-refractivity contribution in [2.75, 3.05) is 18.0 Å². The van der Waals surface area contributed by atoms with Gasteiger partial charge in [-0.3, -0.25) is 14.0 Å². The summed E-state index contributed by atoms with van der Waals surface area (Å²) >= 11 is 0. The van der Waals surface area contributed by atoms with Crippen LogP contribution in [0.15, 0.2) is 53.6 Å². The number of β-amino-alcohol motifs (C(OH)–C–C–N with tert-alkyl or cyclic N) is 1. The van der Waals surface area contributed by atoms with Gasteiger partial charge in [0.2, 0.25) is 0 Å². The molecule has 180 valence electrons. The molecule has 1 saturated carbocycles. The molecule has 6 rings (SSSR count). The van der Waals surface area contributed by atoms with E-state index in [9.17, 15) is 14.7 Å². The molecule has 9 nitrogen and oxygen atoms in total. The van der Waals surface area contributed by atoms with Gasteiger partial charge in [-0.15, -0.1) is 0 Å². The van der Waals surface area contributed by atoms with Crippen LogP contribution in [0.1, 0.15) is 54.2 Å². The molecular weight excluding hydrogens is 444 g/mol. The number of aromatic amines is 1. The van der Waals surface area contributed by atoms with Gasteiger partial charge in [0.1, 0.15) is 11.3 Å². The first-order valence-electron chi connectivity index (χ1n) is 12.2. The van der Waals surface area contributed by atoms with Gasteiger partial charge in [0.25, 0.3) is 11.5 Å². The van der Waals surface area contributed by atoms with E-state index in [1.807, 2.05) is 47.0 Å². The molecule has 35 heavy (non-hydrogen) atoms. The molecule has 0 radical (unpaired) electrons. The highest BCUT2D eigenvalue weighted by atomic mass is 16.3. The summed E-state index contributed by atoms with van der Waals surface area (Å²) in [5.41, 5.74) is 3.02. The van der Waals surface area contributed by atoms with Crippen molar-refractivity contribution in [3.8, 4) is 0 Å². The molecule has 1 aliphatic heterocycles. The Morgan fingerprint density at radius 3 is 2.66 bits per heavy atom. The van der Waals surface area contributed by atoms with Crippen molar-refractivity contribution in [1.29, 1.82) is 0 Å². The Hall–Kier alpha value is -3.72. The molecule has 0 bridgehead atoms. The normalized spacial score (nSPS) is 22.7. The van der Waals surface area contributed by atoms with Gasteiger partial charge >= 0.3 is 0 Å². The lowest BCUT2D eigenvalue weighted by Gasteiger charge is -2.29. The molecule has 1 atom stereocenters. The van der Waals surface area contributed by atoms with Crippen LogP contribution in [0.4, 0.5) is 5.69 Å². The van der Waals surface area contributed by atoms with Crippen molar-refractivity contribution in [3.63, 3.8) is 0 Å². The second-order valence-electron chi connectivity index (χ2n) is 9.65. The van der Waals surface area contributed by atoms with Gasteiger partial charge in [0, 0.05) is 48.4 Å². The number of pyridine rings is 1. The molecule has 1 amide bonds. The number of rotatable bonds is 4. The zero-order valence-electron chi connectivity index (χ0n) is 19.4. The van der Waals surface area contributed by atoms with E-state index in [1.54, 1.807) is 6.20 Å². The number of aliphatic hydroxyl groups is 1. The standard InChI is InChI=1S/C26H28N6O3/c33-19-10-11-31(15-19)18-9-12-32-22(14-27-23(32)13-18)26(35)28-17-7-5-16(6-8-17)24-20-3-1-2-4-21(20)25(34)30-29-24/h1-4,9,12-14,16-17,19,33H,5-8,10-11,15H2,(H,28,35)(H,30,34)/t16-,17-,19-/m1/s1. The van der Waals surface area contributed by atoms with E-state index in [2.05, 4.69) is 25.4 Å². The van der Waals surface area contributed by atoms with Gasteiger partial charge in [-0.25, -0.2) is 10.1 Å². The van der Waals surface area contributed by atoms with Crippen molar-refractivity contribution in [3.05, 3.63) is 70.5 Å². The van der Waals surface area contributed by atoms with Crippen LogP contribution in [-0.4, -0.2) is 55.8 Å². The minimum atomic E-state index is -0.291. The first kappa shape index (κ1) is 21.8. The number of nitrogens with zero attached hydrogens (tertiary/aromatic N) is 4. The van der Waals surface area contributed by atoms with Crippen LogP contribution in [0.5, 0.6) is 0 Å². The number of imidazole rings is 1. The second kappa shape index (κ2) is 8.81. The predicted octanol–water partition coefficient (Wildman–Crippen LogP) is 2.60. The molecule has 0 spiro atoms. The number of fused-ring (bicyclic) bond motifs is 2. The number of hydrogen-bond donors (Lipinski definition) is 3. The zero-order valence-corrected chi connectivity index (χ0v) is 19.4. The van der Waals surface area contributed by atoms with Crippen molar-refractivity contribution in [2.24, 2.45) is 0 Å². The number of anilines is 1. The number of H-pyrrole nitrogens is 1. The maximum Gasteiger partial charge on any atom is 0.272 e. The third-order valence-electron chi connectivity index (χ3n) is 7.43. The third-order valence-corrected chi connectivity index (χ3v) is 7.43. The Kier molecular flexibility index (Phi) is 5.49. The fraction of sp³-hybridized carbons (Fsp3) is 0.385. The van der Waals surface area contributed by atoms with Gasteiger partial charge in [0.15, 0.2) is 0 Å². The average Bonchev–Trinajstić information content (AvgIpc) is 3.51. The summed E-state index contributed by atoms with van der Waals surface area (Å²) in [6.07, 6.45) is 7.47. The lowest BCUT2D eigenvalue weighted by molar-refractivity contribution is 0.0919. The van der Waals surface area contributed by atoms with E-state index in [4.69, 9.17) is 0 Å². The summed E-state index contributed by atoms with van der Waals surface area (Å²) in [6.45, 7) is 1.44. The van der Waals surface area contributed by atoms with Crippen LogP contribution in [0, 0.1) is 0 Å². The van der Waals surface area contributed by atoms with Crippen molar-refractivity contribution in [1.82, 2.24) is 24.9 Å². The minimum Gasteiger partial charge on any atom is -0.391 e. The van der Waals surface area contributed by atoms with Crippen LogP contribution >= 0.6 is 0 Å². The molecule has 2 aliphatic rings. The van der Waals surface area contributed by atoms with E-state index in [-0.39, 0.29) is 29.5 Å². The molecular formula is C26H28N6O3. The first-order valence-corrected chi connectivity index (χ1v) is 12.2. The monoisotopic (exact) mass is 472 g/mol. The van der Waals surface area contributed by atoms with E-state index in [0.29, 0.717) is 23.3 Å². The Labute approximate surface area is 201 Å². The minimum absolute atomic E-state index is 0.0867. The van der Waals surface area contributed by atoms with E-state index in [0.717, 1.165) is 55.4 Å². The number of aromatic nitrogens is 4. The van der Waals surface area contributed by atoms with Crippen molar-refractivity contribution < 1.29 is 9.90 Å². The lowest BCUT2D eigenvalue weighted by Crippen LogP contribution is -2.38. The summed E-state index contributed by atoms with van der Waals surface area (Å²) < 4.78 is 1.81. The summed E-state index contributed by atoms with van der Waals surface area (Å²) in [5, 5.41) is 21.6. The third kappa shape index (κ3) is 4.05. The Bertz CT molecular complexity index is 1450. The lowest BCUT2D eigenvalue weighted by atomic mass is 9.82. The van der Waals surface area contributed by atoms with Crippen LogP contribution in [-0.2, 0) is 0 Å². The van der Waals surface area contributed by atoms with Crippen LogP contribution < -0.4 is 15.8 Å². The predicted molar refractivity (Wildman–Crippen MR) is 133 cm³/mol. The fourth-order valence-electron chi connectivity index (χ4n) is 5.53. The van der Waals surface area contributed by atoms with E-state index >= 15 is 0 Å². The molecule has 3 N–H and O–H groups in total. The molecule has 4 aromatic rings. The Morgan fingerprint density at radius 2 is 1.89 bits per heavy atom. The van der Waals surface area contributed by atoms with E-state index in [1.165, 1.54) is 0 Å². The quantitative estimate of drug-likeness (QED) is 0.421. The highest BCUT2D eigenvalue weighted by molar-refractivity contribution is 5.93. The molecule has 0 unspecified atom stereocenters. The van der Waals surface area contributed by atoms with Crippen LogP contribution in [0.2, 0.25) is 0 Å². The summed E-state index contributed by atoms with van der Waals surface area (Å²) in [7, 11) is 0. The number of nitrogens with one attached hydrogen (secondary N) is 2. The Balaban J connectivity index is 1.13. The fourth-order valence-corrected chi connectivity index (χ4v) is 5.53. The summed E-state index contributed by atoms with van der Waals surface area (Å²) in [4.78, 5) is 31.8. The van der Waals surface area contributed by atoms with Gasteiger partial charge in [-0.05, 0) is 44.2 Å². The topological polar surface area (TPSA) is 116 Å². The van der Waals surface area contributed by atoms with E-state index < -0.39 is 0 Å². The summed E-state index contributed by atoms with van der Waals surface area (Å²) in [5.74, 6) is 0.126. The van der Waals surface area contributed by atoms with Crippen LogP contribution in [0.25, 0.3) is 16.4 Å². The number of hydrogen-bond acceptors (Lipinski definition) is 6. The number of benzene rings is 1. The molecule has 2 fully saturated rings. The first-order chi connectivity index (χ1) is 17.1. The summed E-state index contributed by atoms with van der Waals surface area (Å²) in [6, 6.07) is 11.6. The second-order valence-corrected chi connectivity index (χ2v) is 9.65. The average molecular weight is 473 g/mol. The van der Waals surface area contributed by atoms with Crippen molar-refractivity contribution in [2.45, 2.75) is 50.2 Å². The highest BCUT2D eigenvalue weighted by Gasteiger charge is 2.27. The van der Waals surface area contributed by atoms with Gasteiger partial charge in [-0.1, -0.05) is 18.2 Å².